The third-order valence-electron chi connectivity index (χ3n) is 3.71. The van der Waals surface area contributed by atoms with E-state index in [0.717, 1.165) is 5.56 Å². The fraction of sp³-hybridized carbons (Fsp3) is 0.125. The van der Waals surface area contributed by atoms with Crippen LogP contribution < -0.4 is 11.1 Å². The highest BCUT2D eigenvalue weighted by atomic mass is 35.5. The van der Waals surface area contributed by atoms with E-state index >= 15 is 0 Å². The number of rotatable bonds is 3. The van der Waals surface area contributed by atoms with Gasteiger partial charge in [0.25, 0.3) is 5.91 Å². The van der Waals surface area contributed by atoms with Crippen LogP contribution in [0.4, 0.5) is 0 Å². The summed E-state index contributed by atoms with van der Waals surface area (Å²) < 4.78 is 0. The standard InChI is InChI=1S/C16H12Cl3N3O/c17-11-5-2-10(3-6-11)16(14(23)21-15(20)22-16)8-9-1-4-12(18)7-13(9)19/h1-7H,8H2,(H3,20,21,22,23). The molecule has 1 amide bonds. The number of benzene rings is 2. The smallest absolute Gasteiger partial charge is 0.259 e. The predicted octanol–water partition coefficient (Wildman–Crippen LogP) is 3.53. The van der Waals surface area contributed by atoms with E-state index < -0.39 is 5.54 Å². The number of nitrogens with one attached hydrogen (secondary N) is 1. The molecule has 1 aliphatic rings. The van der Waals surface area contributed by atoms with E-state index in [2.05, 4.69) is 10.3 Å². The molecule has 2 aromatic rings. The predicted molar refractivity (Wildman–Crippen MR) is 93.1 cm³/mol. The quantitative estimate of drug-likeness (QED) is 0.870. The molecule has 3 N–H and O–H groups in total. The van der Waals surface area contributed by atoms with Crippen LogP contribution in [0.5, 0.6) is 0 Å². The Bertz CT molecular complexity index is 805. The number of carbonyl (C=O) groups is 1. The molecule has 0 saturated heterocycles. The molecule has 2 aromatic carbocycles. The van der Waals surface area contributed by atoms with Gasteiger partial charge in [0.2, 0.25) is 0 Å². The van der Waals surface area contributed by atoms with E-state index in [1.165, 1.54) is 0 Å². The topological polar surface area (TPSA) is 67.5 Å². The molecule has 0 fully saturated rings. The molecule has 0 saturated carbocycles. The van der Waals surface area contributed by atoms with Crippen molar-refractivity contribution < 1.29 is 4.79 Å². The Balaban J connectivity index is 2.10. The zero-order chi connectivity index (χ0) is 16.6. The van der Waals surface area contributed by atoms with Crippen molar-refractivity contribution in [3.63, 3.8) is 0 Å². The number of aliphatic imine (C=N–C) groups is 1. The van der Waals surface area contributed by atoms with Crippen LogP contribution in [-0.4, -0.2) is 11.9 Å². The first-order chi connectivity index (χ1) is 10.9. The number of hydrogen-bond donors (Lipinski definition) is 2. The lowest BCUT2D eigenvalue weighted by atomic mass is 9.84. The van der Waals surface area contributed by atoms with E-state index in [0.29, 0.717) is 20.6 Å². The first-order valence-electron chi connectivity index (χ1n) is 6.77. The number of hydrogen-bond acceptors (Lipinski definition) is 3. The van der Waals surface area contributed by atoms with Gasteiger partial charge in [0.15, 0.2) is 11.5 Å². The van der Waals surface area contributed by atoms with Gasteiger partial charge in [-0.2, -0.15) is 0 Å². The van der Waals surface area contributed by atoms with Crippen molar-refractivity contribution in [2.45, 2.75) is 12.0 Å². The lowest BCUT2D eigenvalue weighted by Gasteiger charge is -2.24. The summed E-state index contributed by atoms with van der Waals surface area (Å²) in [5, 5.41) is 4.13. The molecule has 0 aromatic heterocycles. The summed E-state index contributed by atoms with van der Waals surface area (Å²) >= 11 is 18.1. The molecule has 4 nitrogen and oxygen atoms in total. The SMILES string of the molecule is NC1=NC(Cc2ccc(Cl)cc2Cl)(c2ccc(Cl)cc2)C(=O)N1. The van der Waals surface area contributed by atoms with Crippen molar-refractivity contribution in [1.29, 1.82) is 0 Å². The number of guanidine groups is 1. The van der Waals surface area contributed by atoms with Crippen LogP contribution >= 0.6 is 34.8 Å². The van der Waals surface area contributed by atoms with Gasteiger partial charge in [0.05, 0.1) is 0 Å². The zero-order valence-corrected chi connectivity index (χ0v) is 14.1. The van der Waals surface area contributed by atoms with Crippen molar-refractivity contribution in [3.05, 3.63) is 68.7 Å². The number of nitrogens with two attached hydrogens (primary N) is 1. The summed E-state index contributed by atoms with van der Waals surface area (Å²) in [6.07, 6.45) is 0.261. The van der Waals surface area contributed by atoms with Gasteiger partial charge in [-0.15, -0.1) is 0 Å². The lowest BCUT2D eigenvalue weighted by molar-refractivity contribution is -0.124. The van der Waals surface area contributed by atoms with Crippen LogP contribution in [0.3, 0.4) is 0 Å². The molecular formula is C16H12Cl3N3O. The highest BCUT2D eigenvalue weighted by molar-refractivity contribution is 6.35. The molecule has 0 spiro atoms. The second kappa shape index (κ2) is 6.04. The van der Waals surface area contributed by atoms with Gasteiger partial charge in [-0.25, -0.2) is 4.99 Å². The molecule has 1 unspecified atom stereocenters. The van der Waals surface area contributed by atoms with E-state index in [1.54, 1.807) is 42.5 Å². The molecule has 1 atom stereocenters. The third kappa shape index (κ3) is 3.02. The third-order valence-corrected chi connectivity index (χ3v) is 4.55. The molecule has 0 aliphatic carbocycles. The highest BCUT2D eigenvalue weighted by Gasteiger charge is 2.45. The number of amides is 1. The largest absolute Gasteiger partial charge is 0.370 e. The van der Waals surface area contributed by atoms with Crippen LogP contribution in [0.2, 0.25) is 15.1 Å². The monoisotopic (exact) mass is 367 g/mol. The van der Waals surface area contributed by atoms with Gasteiger partial charge in [-0.05, 0) is 35.4 Å². The van der Waals surface area contributed by atoms with Gasteiger partial charge in [0, 0.05) is 21.5 Å². The summed E-state index contributed by atoms with van der Waals surface area (Å²) in [4.78, 5) is 16.9. The molecule has 0 bridgehead atoms. The molecule has 1 heterocycles. The molecule has 118 valence electrons. The second-order valence-corrected chi connectivity index (χ2v) is 6.51. The van der Waals surface area contributed by atoms with Gasteiger partial charge >= 0.3 is 0 Å². The van der Waals surface area contributed by atoms with Crippen LogP contribution in [-0.2, 0) is 16.8 Å². The molecule has 1 aliphatic heterocycles. The van der Waals surface area contributed by atoms with Crippen LogP contribution in [0.15, 0.2) is 47.5 Å². The number of carbonyl (C=O) groups excluding carboxylic acids is 1. The lowest BCUT2D eigenvalue weighted by Crippen LogP contribution is -2.40. The fourth-order valence-electron chi connectivity index (χ4n) is 2.59. The van der Waals surface area contributed by atoms with E-state index in [-0.39, 0.29) is 18.3 Å². The maximum absolute atomic E-state index is 12.6. The van der Waals surface area contributed by atoms with Crippen LogP contribution in [0, 0.1) is 0 Å². The van der Waals surface area contributed by atoms with Gasteiger partial charge in [-0.3, -0.25) is 10.1 Å². The van der Waals surface area contributed by atoms with Crippen molar-refractivity contribution >= 4 is 46.7 Å². The fourth-order valence-corrected chi connectivity index (χ4v) is 3.19. The molecule has 23 heavy (non-hydrogen) atoms. The Kier molecular flexibility index (Phi) is 4.23. The minimum Gasteiger partial charge on any atom is -0.370 e. The summed E-state index contributed by atoms with van der Waals surface area (Å²) in [7, 11) is 0. The van der Waals surface area contributed by atoms with E-state index in [9.17, 15) is 4.79 Å². The van der Waals surface area contributed by atoms with Gasteiger partial charge in [0.1, 0.15) is 0 Å². The average molecular weight is 369 g/mol. The molecule has 7 heteroatoms. The zero-order valence-electron chi connectivity index (χ0n) is 11.8. The van der Waals surface area contributed by atoms with Gasteiger partial charge in [-0.1, -0.05) is 53.0 Å². The van der Waals surface area contributed by atoms with Gasteiger partial charge < -0.3 is 5.73 Å². The maximum Gasteiger partial charge on any atom is 0.259 e. The summed E-state index contributed by atoms with van der Waals surface area (Å²) in [6.45, 7) is 0. The Hall–Kier alpha value is -1.75. The first kappa shape index (κ1) is 16.1. The van der Waals surface area contributed by atoms with Crippen molar-refractivity contribution in [2.75, 3.05) is 0 Å². The Morgan fingerprint density at radius 1 is 1.04 bits per heavy atom. The summed E-state index contributed by atoms with van der Waals surface area (Å²) in [6, 6.07) is 12.1. The Morgan fingerprint density at radius 3 is 2.26 bits per heavy atom. The maximum atomic E-state index is 12.6. The second-order valence-electron chi connectivity index (χ2n) is 5.23. The Morgan fingerprint density at radius 2 is 1.70 bits per heavy atom. The average Bonchev–Trinajstić information content (AvgIpc) is 2.78. The van der Waals surface area contributed by atoms with Crippen LogP contribution in [0.25, 0.3) is 0 Å². The minimum absolute atomic E-state index is 0.0787. The minimum atomic E-state index is -1.17. The summed E-state index contributed by atoms with van der Waals surface area (Å²) in [5.74, 6) is -0.224. The number of halogens is 3. The van der Waals surface area contributed by atoms with E-state index in [1.807, 2.05) is 0 Å². The summed E-state index contributed by atoms with van der Waals surface area (Å²) in [5.41, 5.74) is 5.98. The Labute approximate surface area is 148 Å². The van der Waals surface area contributed by atoms with Crippen molar-refractivity contribution in [1.82, 2.24) is 5.32 Å². The normalized spacial score (nSPS) is 20.3. The first-order valence-corrected chi connectivity index (χ1v) is 7.91. The molecule has 0 radical (unpaired) electrons. The van der Waals surface area contributed by atoms with Crippen LogP contribution in [0.1, 0.15) is 11.1 Å². The van der Waals surface area contributed by atoms with E-state index in [4.69, 9.17) is 40.5 Å². The van der Waals surface area contributed by atoms with Crippen molar-refractivity contribution in [3.8, 4) is 0 Å². The molecule has 3 rings (SSSR count). The molecular weight excluding hydrogens is 357 g/mol. The van der Waals surface area contributed by atoms with Crippen molar-refractivity contribution in [2.24, 2.45) is 10.7 Å². The highest BCUT2D eigenvalue weighted by Crippen LogP contribution is 2.36. The number of nitrogens with zero attached hydrogens (tertiary/aromatic N) is 1.